The van der Waals surface area contributed by atoms with Gasteiger partial charge < -0.3 is 27.9 Å². The van der Waals surface area contributed by atoms with Crippen LogP contribution in [0, 0.1) is 0 Å². The Labute approximate surface area is 336 Å². The van der Waals surface area contributed by atoms with Crippen LogP contribution >= 0.6 is 7.82 Å². The third-order valence-corrected chi connectivity index (χ3v) is 10.8. The van der Waals surface area contributed by atoms with Crippen LogP contribution in [0.15, 0.2) is 5.11 Å². The van der Waals surface area contributed by atoms with Crippen LogP contribution in [-0.4, -0.2) is 76.6 Å². The molecule has 0 radical (unpaired) electrons. The molecule has 1 unspecified atom stereocenters. The molecule has 324 valence electrons. The second-order valence-corrected chi connectivity index (χ2v) is 17.8. The molecule has 0 aromatic heterocycles. The summed E-state index contributed by atoms with van der Waals surface area (Å²) in [6.07, 6.45) is 32.6. The van der Waals surface area contributed by atoms with Gasteiger partial charge in [0.15, 0.2) is 6.10 Å². The monoisotopic (exact) mass is 803 g/mol. The number of rotatable bonds is 42. The Bertz CT molecular complexity index is 1010. The molecular weight excluding hydrogens is 719 g/mol. The molecule has 0 rings (SSSR count). The summed E-state index contributed by atoms with van der Waals surface area (Å²) in [5.74, 6) is -0.851. The van der Waals surface area contributed by atoms with Crippen molar-refractivity contribution in [1.82, 2.24) is 0 Å². The van der Waals surface area contributed by atoms with Crippen LogP contribution in [0.25, 0.3) is 10.4 Å². The third-order valence-electron chi connectivity index (χ3n) is 9.85. The molecule has 0 fully saturated rings. The lowest BCUT2D eigenvalue weighted by molar-refractivity contribution is -0.870. The highest BCUT2D eigenvalue weighted by molar-refractivity contribution is 7.45. The Kier molecular flexibility index (Phi) is 36.7. The number of hydrogen-bond acceptors (Lipinski definition) is 9. The Morgan fingerprint density at radius 2 is 1.02 bits per heavy atom. The second-order valence-electron chi connectivity index (χ2n) is 16.4. The van der Waals surface area contributed by atoms with Crippen molar-refractivity contribution in [3.63, 3.8) is 0 Å². The normalized spacial score (nSPS) is 13.3. The van der Waals surface area contributed by atoms with Gasteiger partial charge in [-0.2, -0.15) is 0 Å². The zero-order valence-corrected chi connectivity index (χ0v) is 36.7. The van der Waals surface area contributed by atoms with Crippen LogP contribution in [0.1, 0.15) is 200 Å². The van der Waals surface area contributed by atoms with Gasteiger partial charge in [0.05, 0.1) is 27.7 Å². The molecule has 55 heavy (non-hydrogen) atoms. The minimum absolute atomic E-state index is 0.0365. The molecule has 0 aromatic carbocycles. The summed E-state index contributed by atoms with van der Waals surface area (Å²) in [5, 5.41) is 3.57. The second kappa shape index (κ2) is 37.9. The molecule has 2 atom stereocenters. The fourth-order valence-electron chi connectivity index (χ4n) is 6.34. The SMILES string of the molecule is CCCCCCCCCCCCCCCCCC(=O)OC[C@H](COP(=O)([O-])OCC[N+](C)(C)C)OC(=O)CCCCCCCCCCCCCCCN=[N+]=[N-]. The summed E-state index contributed by atoms with van der Waals surface area (Å²) in [5.41, 5.74) is 8.30. The summed E-state index contributed by atoms with van der Waals surface area (Å²) >= 11 is 0. The van der Waals surface area contributed by atoms with E-state index in [0.717, 1.165) is 51.4 Å². The zero-order valence-electron chi connectivity index (χ0n) is 35.8. The molecule has 0 saturated carbocycles. The number of phosphoric ester groups is 1. The van der Waals surface area contributed by atoms with Crippen molar-refractivity contribution in [3.8, 4) is 0 Å². The summed E-state index contributed by atoms with van der Waals surface area (Å²) in [6.45, 7) is 2.55. The van der Waals surface area contributed by atoms with Gasteiger partial charge in [0.2, 0.25) is 0 Å². The summed E-state index contributed by atoms with van der Waals surface area (Å²) < 4.78 is 33.9. The van der Waals surface area contributed by atoms with Crippen molar-refractivity contribution in [1.29, 1.82) is 0 Å². The van der Waals surface area contributed by atoms with Gasteiger partial charge in [0.1, 0.15) is 19.8 Å². The van der Waals surface area contributed by atoms with Crippen molar-refractivity contribution in [3.05, 3.63) is 10.4 Å². The molecule has 0 saturated heterocycles. The van der Waals surface area contributed by atoms with Crippen LogP contribution in [-0.2, 0) is 32.7 Å². The van der Waals surface area contributed by atoms with E-state index in [1.807, 2.05) is 21.1 Å². The molecule has 0 spiro atoms. The summed E-state index contributed by atoms with van der Waals surface area (Å²) in [7, 11) is 1.14. The Balaban J connectivity index is 4.29. The van der Waals surface area contributed by atoms with E-state index in [-0.39, 0.29) is 32.0 Å². The van der Waals surface area contributed by atoms with Gasteiger partial charge >= 0.3 is 11.9 Å². The van der Waals surface area contributed by atoms with Crippen molar-refractivity contribution >= 4 is 19.8 Å². The van der Waals surface area contributed by atoms with Crippen LogP contribution in [0.4, 0.5) is 0 Å². The van der Waals surface area contributed by atoms with Gasteiger partial charge in [-0.25, -0.2) is 0 Å². The number of quaternary nitrogens is 1. The molecule has 0 aliphatic carbocycles. The van der Waals surface area contributed by atoms with E-state index in [1.54, 1.807) is 0 Å². The molecule has 0 heterocycles. The highest BCUT2D eigenvalue weighted by Crippen LogP contribution is 2.38. The predicted molar refractivity (Wildman–Crippen MR) is 221 cm³/mol. The highest BCUT2D eigenvalue weighted by Gasteiger charge is 2.21. The maximum Gasteiger partial charge on any atom is 0.306 e. The third kappa shape index (κ3) is 41.8. The molecule has 0 bridgehead atoms. The number of ether oxygens (including phenoxy) is 2. The number of hydrogen-bond donors (Lipinski definition) is 0. The van der Waals surface area contributed by atoms with Gasteiger partial charge in [-0.05, 0) is 24.8 Å². The van der Waals surface area contributed by atoms with E-state index in [9.17, 15) is 19.0 Å². The fraction of sp³-hybridized carbons (Fsp3) is 0.952. The smallest absolute Gasteiger partial charge is 0.306 e. The first-order chi connectivity index (χ1) is 26.5. The fourth-order valence-corrected chi connectivity index (χ4v) is 7.07. The molecular formula is C42H83N4O8P. The Morgan fingerprint density at radius 1 is 0.618 bits per heavy atom. The number of likely N-dealkylation sites (N-methyl/N-ethyl adjacent to an activating group) is 1. The summed E-state index contributed by atoms with van der Waals surface area (Å²) in [6, 6.07) is 0. The standard InChI is InChI=1S/C42H83N4O8P/c1-5-6-7-8-9-10-11-12-13-15-18-21-24-27-30-33-41(47)51-38-40(39-53-55(49,50)52-37-36-46(2,3)4)54-42(48)34-31-28-25-22-19-16-14-17-20-23-26-29-32-35-44-45-43/h40H,5-39H2,1-4H3/t40-/m1/s1. The van der Waals surface area contributed by atoms with Crippen molar-refractivity contribution in [2.75, 3.05) is 54.1 Å². The van der Waals surface area contributed by atoms with Crippen LogP contribution < -0.4 is 4.89 Å². The minimum atomic E-state index is -4.63. The van der Waals surface area contributed by atoms with Crippen LogP contribution in [0.5, 0.6) is 0 Å². The van der Waals surface area contributed by atoms with E-state index in [4.69, 9.17) is 24.1 Å². The Hall–Kier alpha value is -1.68. The van der Waals surface area contributed by atoms with Gasteiger partial charge in [-0.15, -0.1) is 0 Å². The van der Waals surface area contributed by atoms with Gasteiger partial charge in [-0.3, -0.25) is 14.2 Å². The van der Waals surface area contributed by atoms with Crippen LogP contribution in [0.2, 0.25) is 0 Å². The van der Waals surface area contributed by atoms with Crippen LogP contribution in [0.3, 0.4) is 0 Å². The number of nitrogens with zero attached hydrogens (tertiary/aromatic N) is 4. The summed E-state index contributed by atoms with van der Waals surface area (Å²) in [4.78, 5) is 40.3. The predicted octanol–water partition coefficient (Wildman–Crippen LogP) is 11.7. The molecule has 0 N–H and O–H groups in total. The average molecular weight is 803 g/mol. The molecule has 0 aromatic rings. The number of unbranched alkanes of at least 4 members (excludes halogenated alkanes) is 26. The first-order valence-electron chi connectivity index (χ1n) is 22.3. The number of carbonyl (C=O) groups excluding carboxylic acids is 2. The van der Waals surface area contributed by atoms with Gasteiger partial charge in [0.25, 0.3) is 7.82 Å². The largest absolute Gasteiger partial charge is 0.756 e. The molecule has 12 nitrogen and oxygen atoms in total. The first-order valence-corrected chi connectivity index (χ1v) is 23.7. The minimum Gasteiger partial charge on any atom is -0.756 e. The number of carbonyl (C=O) groups is 2. The zero-order chi connectivity index (χ0) is 40.7. The van der Waals surface area contributed by atoms with Gasteiger partial charge in [-0.1, -0.05) is 173 Å². The lowest BCUT2D eigenvalue weighted by Crippen LogP contribution is -2.37. The van der Waals surface area contributed by atoms with Crippen molar-refractivity contribution < 1.29 is 42.1 Å². The van der Waals surface area contributed by atoms with E-state index in [2.05, 4.69) is 16.9 Å². The van der Waals surface area contributed by atoms with E-state index in [1.165, 1.54) is 122 Å². The highest BCUT2D eigenvalue weighted by atomic mass is 31.2. The maximum absolute atomic E-state index is 12.7. The van der Waals surface area contributed by atoms with Crippen molar-refractivity contribution in [2.45, 2.75) is 206 Å². The Morgan fingerprint density at radius 3 is 1.44 bits per heavy atom. The number of esters is 2. The molecule has 13 heteroatoms. The van der Waals surface area contributed by atoms with Crippen molar-refractivity contribution in [2.24, 2.45) is 5.11 Å². The van der Waals surface area contributed by atoms with E-state index >= 15 is 0 Å². The first kappa shape index (κ1) is 53.3. The van der Waals surface area contributed by atoms with Gasteiger partial charge in [0, 0.05) is 24.3 Å². The average Bonchev–Trinajstić information content (AvgIpc) is 3.13. The lowest BCUT2D eigenvalue weighted by atomic mass is 10.0. The quantitative estimate of drug-likeness (QED) is 0.0112. The topological polar surface area (TPSA) is 160 Å². The maximum atomic E-state index is 12.7. The molecule has 0 aliphatic rings. The molecule has 0 aliphatic heterocycles. The van der Waals surface area contributed by atoms with E-state index in [0.29, 0.717) is 24.0 Å². The number of phosphoric acid groups is 1. The number of azide groups is 1. The van der Waals surface area contributed by atoms with E-state index < -0.39 is 26.5 Å². The lowest BCUT2D eigenvalue weighted by Gasteiger charge is -2.28. The molecule has 0 amide bonds.